The molecule has 3 aromatic carbocycles. The first-order chi connectivity index (χ1) is 18.4. The fourth-order valence-corrected chi connectivity index (χ4v) is 5.65. The van der Waals surface area contributed by atoms with E-state index in [0.29, 0.717) is 5.56 Å². The van der Waals surface area contributed by atoms with Crippen molar-refractivity contribution in [2.75, 3.05) is 13.7 Å². The lowest BCUT2D eigenvalue weighted by Gasteiger charge is -2.48. The lowest BCUT2D eigenvalue weighted by Crippen LogP contribution is -2.67. The molecule has 9 nitrogen and oxygen atoms in total. The number of hydrogen-bond donors (Lipinski definition) is 1. The third kappa shape index (κ3) is 5.65. The molecule has 2 heterocycles. The van der Waals surface area contributed by atoms with Gasteiger partial charge in [-0.2, -0.15) is 8.42 Å². The summed E-state index contributed by atoms with van der Waals surface area (Å²) in [5.41, 5.74) is 2.05. The van der Waals surface area contributed by atoms with Gasteiger partial charge in [-0.3, -0.25) is 8.98 Å². The number of ether oxygens (including phenoxy) is 4. The van der Waals surface area contributed by atoms with Crippen molar-refractivity contribution in [3.05, 3.63) is 102 Å². The van der Waals surface area contributed by atoms with Crippen LogP contribution in [0.25, 0.3) is 0 Å². The van der Waals surface area contributed by atoms with Crippen molar-refractivity contribution in [1.82, 2.24) is 5.32 Å². The molecule has 0 spiro atoms. The summed E-state index contributed by atoms with van der Waals surface area (Å²) in [5.74, 6) is -0.437. The first-order valence-electron chi connectivity index (χ1n) is 12.2. The predicted molar refractivity (Wildman–Crippen MR) is 137 cm³/mol. The zero-order valence-corrected chi connectivity index (χ0v) is 21.7. The Kier molecular flexibility index (Phi) is 7.89. The van der Waals surface area contributed by atoms with E-state index in [4.69, 9.17) is 23.1 Å². The molecular weight excluding hydrogens is 510 g/mol. The molecule has 2 aliphatic rings. The van der Waals surface area contributed by atoms with Crippen LogP contribution >= 0.6 is 0 Å². The quantitative estimate of drug-likeness (QED) is 0.456. The topological polar surface area (TPSA) is 109 Å². The second-order valence-electron chi connectivity index (χ2n) is 9.15. The average molecular weight is 540 g/mol. The third-order valence-electron chi connectivity index (χ3n) is 6.52. The number of carbonyl (C=O) groups excluding carboxylic acids is 1. The van der Waals surface area contributed by atoms with Crippen molar-refractivity contribution in [2.24, 2.45) is 0 Å². The number of rotatable bonds is 7. The Balaban J connectivity index is 1.50. The number of benzene rings is 3. The smallest absolute Gasteiger partial charge is 0.297 e. The van der Waals surface area contributed by atoms with Crippen LogP contribution in [0.2, 0.25) is 0 Å². The minimum atomic E-state index is -4.26. The van der Waals surface area contributed by atoms with Gasteiger partial charge >= 0.3 is 0 Å². The Morgan fingerprint density at radius 1 is 0.921 bits per heavy atom. The van der Waals surface area contributed by atoms with Gasteiger partial charge < -0.3 is 24.3 Å². The first-order valence-corrected chi connectivity index (χ1v) is 13.6. The highest BCUT2D eigenvalue weighted by molar-refractivity contribution is 7.86. The molecule has 2 fully saturated rings. The number of aryl methyl sites for hydroxylation is 1. The van der Waals surface area contributed by atoms with Crippen LogP contribution in [0.1, 0.15) is 27.8 Å². The first kappa shape index (κ1) is 26.5. The standard InChI is InChI=1S/C28H29NO8S/c1-18-13-15-21(16-14-18)38(31,32)37-25-23(29-26(30)19-9-5-3-6-10-19)28(33-2)35-22-17-34-27(36-24(22)25)20-11-7-4-8-12-20/h3-16,22-25,27-28H,17H2,1-2H3,(H,29,30)/t22-,23+,24+,25-,27+,28-/m1/s1. The largest absolute Gasteiger partial charge is 0.354 e. The van der Waals surface area contributed by atoms with Crippen LogP contribution in [-0.2, 0) is 33.2 Å². The van der Waals surface area contributed by atoms with Gasteiger partial charge in [0.1, 0.15) is 24.4 Å². The highest BCUT2D eigenvalue weighted by atomic mass is 32.2. The second-order valence-corrected chi connectivity index (χ2v) is 10.7. The van der Waals surface area contributed by atoms with Gasteiger partial charge in [0.15, 0.2) is 12.6 Å². The van der Waals surface area contributed by atoms with Gasteiger partial charge in [0.05, 0.1) is 11.5 Å². The summed E-state index contributed by atoms with van der Waals surface area (Å²) < 4.78 is 56.5. The molecule has 38 heavy (non-hydrogen) atoms. The molecule has 1 N–H and O–H groups in total. The minimum Gasteiger partial charge on any atom is -0.354 e. The van der Waals surface area contributed by atoms with Crippen molar-refractivity contribution in [1.29, 1.82) is 0 Å². The number of carbonyl (C=O) groups is 1. The number of amides is 1. The van der Waals surface area contributed by atoms with Gasteiger partial charge in [0.2, 0.25) is 0 Å². The maximum absolute atomic E-state index is 13.4. The van der Waals surface area contributed by atoms with E-state index in [2.05, 4.69) is 5.32 Å². The number of fused-ring (bicyclic) bond motifs is 1. The van der Waals surface area contributed by atoms with E-state index in [1.165, 1.54) is 19.2 Å². The molecular formula is C28H29NO8S. The van der Waals surface area contributed by atoms with Gasteiger partial charge in [-0.25, -0.2) is 0 Å². The van der Waals surface area contributed by atoms with Crippen molar-refractivity contribution in [3.63, 3.8) is 0 Å². The molecule has 2 saturated heterocycles. The van der Waals surface area contributed by atoms with Crippen molar-refractivity contribution in [3.8, 4) is 0 Å². The molecule has 0 aliphatic carbocycles. The van der Waals surface area contributed by atoms with Gasteiger partial charge in [-0.05, 0) is 31.2 Å². The summed E-state index contributed by atoms with van der Waals surface area (Å²) in [6, 6.07) is 23.1. The molecule has 2 aliphatic heterocycles. The van der Waals surface area contributed by atoms with Crippen LogP contribution < -0.4 is 5.32 Å². The SMILES string of the molecule is CO[C@@H]1O[C@@H]2CO[C@H](c3ccccc3)O[C@@H]2[C@H](OS(=O)(=O)c2ccc(C)cc2)[C@@H]1NC(=O)c1ccccc1. The Bertz CT molecular complexity index is 1330. The van der Waals surface area contributed by atoms with Gasteiger partial charge in [-0.1, -0.05) is 66.2 Å². The van der Waals surface area contributed by atoms with Crippen molar-refractivity contribution in [2.45, 2.75) is 48.8 Å². The molecule has 3 aromatic rings. The normalized spacial score (nSPS) is 27.3. The molecule has 0 unspecified atom stereocenters. The van der Waals surface area contributed by atoms with Crippen LogP contribution in [0.15, 0.2) is 89.8 Å². The predicted octanol–water partition coefficient (Wildman–Crippen LogP) is 3.35. The minimum absolute atomic E-state index is 0.0140. The fraction of sp³-hybridized carbons (Fsp3) is 0.321. The Hall–Kier alpha value is -3.12. The molecule has 10 heteroatoms. The Labute approximate surface area is 221 Å². The van der Waals surface area contributed by atoms with Crippen LogP contribution in [0, 0.1) is 6.92 Å². The zero-order valence-electron chi connectivity index (χ0n) is 20.9. The lowest BCUT2D eigenvalue weighted by molar-refractivity contribution is -0.337. The maximum Gasteiger partial charge on any atom is 0.297 e. The molecule has 0 aromatic heterocycles. The fourth-order valence-electron chi connectivity index (χ4n) is 4.55. The van der Waals surface area contributed by atoms with Gasteiger partial charge in [0, 0.05) is 18.2 Å². The third-order valence-corrected chi connectivity index (χ3v) is 7.85. The number of hydrogen-bond acceptors (Lipinski definition) is 8. The number of nitrogens with one attached hydrogen (secondary N) is 1. The second kappa shape index (κ2) is 11.3. The van der Waals surface area contributed by atoms with E-state index in [1.807, 2.05) is 37.3 Å². The van der Waals surface area contributed by atoms with E-state index in [-0.39, 0.29) is 11.5 Å². The van der Waals surface area contributed by atoms with Crippen molar-refractivity contribution < 1.29 is 36.3 Å². The van der Waals surface area contributed by atoms with E-state index >= 15 is 0 Å². The van der Waals surface area contributed by atoms with Crippen molar-refractivity contribution >= 4 is 16.0 Å². The van der Waals surface area contributed by atoms with Crippen LogP contribution in [0.4, 0.5) is 0 Å². The van der Waals surface area contributed by atoms with E-state index in [1.54, 1.807) is 42.5 Å². The molecule has 6 atom stereocenters. The molecule has 200 valence electrons. The van der Waals surface area contributed by atoms with Gasteiger partial charge in [-0.15, -0.1) is 0 Å². The summed E-state index contributed by atoms with van der Waals surface area (Å²) in [5, 5.41) is 2.86. The molecule has 1 amide bonds. The van der Waals surface area contributed by atoms with E-state index in [0.717, 1.165) is 11.1 Å². The Morgan fingerprint density at radius 2 is 1.58 bits per heavy atom. The summed E-state index contributed by atoms with van der Waals surface area (Å²) in [6.07, 6.45) is -4.60. The maximum atomic E-state index is 13.4. The van der Waals surface area contributed by atoms with Crippen LogP contribution in [0.3, 0.4) is 0 Å². The summed E-state index contributed by atoms with van der Waals surface area (Å²) in [4.78, 5) is 13.1. The highest BCUT2D eigenvalue weighted by Crippen LogP contribution is 2.37. The van der Waals surface area contributed by atoms with E-state index in [9.17, 15) is 13.2 Å². The number of methoxy groups -OCH3 is 1. The molecule has 0 saturated carbocycles. The monoisotopic (exact) mass is 539 g/mol. The molecule has 0 radical (unpaired) electrons. The van der Waals surface area contributed by atoms with E-state index < -0.39 is 53.0 Å². The average Bonchev–Trinajstić information content (AvgIpc) is 2.95. The molecule has 0 bridgehead atoms. The summed E-state index contributed by atoms with van der Waals surface area (Å²) in [6.45, 7) is 1.96. The molecule has 5 rings (SSSR count). The highest BCUT2D eigenvalue weighted by Gasteiger charge is 2.53. The van der Waals surface area contributed by atoms with Crippen LogP contribution in [-0.4, -0.2) is 58.7 Å². The summed E-state index contributed by atoms with van der Waals surface area (Å²) >= 11 is 0. The lowest BCUT2D eigenvalue weighted by atomic mass is 9.95. The zero-order chi connectivity index (χ0) is 26.7. The summed E-state index contributed by atoms with van der Waals surface area (Å²) in [7, 11) is -2.85. The van der Waals surface area contributed by atoms with Crippen LogP contribution in [0.5, 0.6) is 0 Å². The van der Waals surface area contributed by atoms with Gasteiger partial charge in [0.25, 0.3) is 16.0 Å². The Morgan fingerprint density at radius 3 is 2.24 bits per heavy atom.